The Bertz CT molecular complexity index is 1920. The molecule has 0 aliphatic carbocycles. The molecule has 2 aliphatic heterocycles. The van der Waals surface area contributed by atoms with Crippen LogP contribution in [0.2, 0.25) is 0 Å². The van der Waals surface area contributed by atoms with Gasteiger partial charge in [-0.2, -0.15) is 9.59 Å². The number of hydrogen-bond acceptors (Lipinski definition) is 11. The summed E-state index contributed by atoms with van der Waals surface area (Å²) >= 11 is 0. The van der Waals surface area contributed by atoms with Gasteiger partial charge in [-0.3, -0.25) is 23.9 Å². The lowest BCUT2D eigenvalue weighted by atomic mass is 10.1. The van der Waals surface area contributed by atoms with Crippen molar-refractivity contribution in [2.45, 2.75) is 19.8 Å². The summed E-state index contributed by atoms with van der Waals surface area (Å²) in [7, 11) is 1.38. The predicted octanol–water partition coefficient (Wildman–Crippen LogP) is 4.89. The second-order valence-corrected chi connectivity index (χ2v) is 10.1. The summed E-state index contributed by atoms with van der Waals surface area (Å²) in [5, 5.41) is 6.51. The van der Waals surface area contributed by atoms with Gasteiger partial charge in [-0.25, -0.2) is 15.0 Å². The van der Waals surface area contributed by atoms with E-state index in [0.29, 0.717) is 34.9 Å². The van der Waals surface area contributed by atoms with E-state index in [1.165, 1.54) is 12.0 Å². The summed E-state index contributed by atoms with van der Waals surface area (Å²) in [6.07, 6.45) is 6.04. The van der Waals surface area contributed by atoms with Crippen LogP contribution in [0.5, 0.6) is 0 Å². The quantitative estimate of drug-likeness (QED) is 0.249. The first-order chi connectivity index (χ1) is 22.9. The zero-order valence-corrected chi connectivity index (χ0v) is 25.5. The van der Waals surface area contributed by atoms with E-state index in [-0.39, 0.29) is 36.8 Å². The standard InChI is InChI=1S/C17H14N4O2.C16H15N3O2.CO2/c1-23-15(22)9-11-10-21-14-7-4-8-18-16(14)20-13-6-3-2-5-12(13)17(21)19-11;1-2-11(20)10-19-14-8-5-9-17-15(14)18-13-7-4-3-6-12(13)16(19)21;2-1-3/h2-8,10H,9H2,1H3,(H,18,20);3-9H,2,10H2,1H3,(H,17,18);. The zero-order valence-electron chi connectivity index (χ0n) is 25.5. The summed E-state index contributed by atoms with van der Waals surface area (Å²) in [5.74, 6) is 1.62. The molecule has 2 N–H and O–H groups in total. The SMILES string of the molecule is CCC(=O)CN1C(=O)c2ccccc2Nc2ncccc21.COC(=O)Cc1cn2c(n1)-c1ccccc1Nc1ncccc1-2.O=C=O. The van der Waals surface area contributed by atoms with E-state index < -0.39 is 0 Å². The van der Waals surface area contributed by atoms with Gasteiger partial charge in [-0.15, -0.1) is 0 Å². The molecule has 0 atom stereocenters. The van der Waals surface area contributed by atoms with Crippen LogP contribution in [0.25, 0.3) is 17.1 Å². The Morgan fingerprint density at radius 2 is 1.40 bits per heavy atom. The summed E-state index contributed by atoms with van der Waals surface area (Å²) < 4.78 is 6.69. The summed E-state index contributed by atoms with van der Waals surface area (Å²) in [6, 6.07) is 22.5. The van der Waals surface area contributed by atoms with Crippen molar-refractivity contribution in [3.8, 4) is 17.1 Å². The molecule has 5 heterocycles. The van der Waals surface area contributed by atoms with Crippen LogP contribution in [0.1, 0.15) is 29.4 Å². The van der Waals surface area contributed by atoms with Crippen molar-refractivity contribution in [1.29, 1.82) is 0 Å². The highest BCUT2D eigenvalue weighted by Crippen LogP contribution is 2.37. The second-order valence-electron chi connectivity index (χ2n) is 10.1. The van der Waals surface area contributed by atoms with Gasteiger partial charge < -0.3 is 15.4 Å². The lowest BCUT2D eigenvalue weighted by molar-refractivity contribution is -0.191. The van der Waals surface area contributed by atoms with Crippen molar-refractivity contribution in [2.24, 2.45) is 0 Å². The molecule has 0 saturated heterocycles. The van der Waals surface area contributed by atoms with Gasteiger partial charge >= 0.3 is 12.1 Å². The molecular formula is C34H29N7O6. The number of nitrogens with one attached hydrogen (secondary N) is 2. The Morgan fingerprint density at radius 1 is 0.830 bits per heavy atom. The molecule has 3 aromatic heterocycles. The van der Waals surface area contributed by atoms with Crippen molar-refractivity contribution in [3.05, 3.63) is 103 Å². The molecular weight excluding hydrogens is 602 g/mol. The first kappa shape index (κ1) is 31.9. The van der Waals surface area contributed by atoms with Crippen LogP contribution < -0.4 is 15.5 Å². The van der Waals surface area contributed by atoms with Gasteiger partial charge in [0, 0.05) is 30.6 Å². The smallest absolute Gasteiger partial charge is 0.373 e. The maximum atomic E-state index is 12.8. The molecule has 5 aromatic rings. The Labute approximate surface area is 269 Å². The molecule has 0 saturated carbocycles. The molecule has 2 aliphatic rings. The van der Waals surface area contributed by atoms with E-state index >= 15 is 0 Å². The molecule has 0 spiro atoms. The van der Waals surface area contributed by atoms with Crippen molar-refractivity contribution in [3.63, 3.8) is 0 Å². The van der Waals surface area contributed by atoms with E-state index in [9.17, 15) is 14.4 Å². The van der Waals surface area contributed by atoms with E-state index in [2.05, 4.69) is 25.6 Å². The average Bonchev–Trinajstić information content (AvgIpc) is 3.40. The number of ether oxygens (including phenoxy) is 1. The third-order valence-corrected chi connectivity index (χ3v) is 7.24. The number of nitrogens with zero attached hydrogens (tertiary/aromatic N) is 5. The van der Waals surface area contributed by atoms with Crippen molar-refractivity contribution in [2.75, 3.05) is 29.2 Å². The van der Waals surface area contributed by atoms with E-state index in [1.54, 1.807) is 37.5 Å². The molecule has 0 unspecified atom stereocenters. The number of methoxy groups -OCH3 is 1. The Morgan fingerprint density at radius 3 is 2.04 bits per heavy atom. The topological polar surface area (TPSA) is 165 Å². The molecule has 13 nitrogen and oxygen atoms in total. The highest BCUT2D eigenvalue weighted by atomic mass is 16.5. The molecule has 0 bridgehead atoms. The highest BCUT2D eigenvalue weighted by molar-refractivity contribution is 6.15. The number of amides is 1. The van der Waals surface area contributed by atoms with Crippen molar-refractivity contribution < 1.29 is 28.7 Å². The molecule has 7 rings (SSSR count). The molecule has 0 radical (unpaired) electrons. The fourth-order valence-electron chi connectivity index (χ4n) is 5.03. The number of carbonyl (C=O) groups excluding carboxylic acids is 5. The largest absolute Gasteiger partial charge is 0.469 e. The van der Waals surface area contributed by atoms with Crippen LogP contribution in [0.3, 0.4) is 0 Å². The normalized spacial score (nSPS) is 11.6. The number of hydrogen-bond donors (Lipinski definition) is 2. The van der Waals surface area contributed by atoms with Gasteiger partial charge in [0.25, 0.3) is 5.91 Å². The van der Waals surface area contributed by atoms with Gasteiger partial charge in [0.05, 0.1) is 54.1 Å². The minimum atomic E-state index is -0.309. The van der Waals surface area contributed by atoms with Gasteiger partial charge in [0.1, 0.15) is 5.82 Å². The Balaban J connectivity index is 0.000000171. The predicted molar refractivity (Wildman–Crippen MR) is 172 cm³/mol. The Hall–Kier alpha value is -6.46. The fraction of sp³-hybridized carbons (Fsp3) is 0.147. The van der Waals surface area contributed by atoms with Crippen LogP contribution in [-0.4, -0.2) is 57.0 Å². The number of esters is 1. The lowest BCUT2D eigenvalue weighted by Gasteiger charge is -2.21. The number of imidazole rings is 1. The fourth-order valence-corrected chi connectivity index (χ4v) is 5.03. The number of para-hydroxylation sites is 2. The van der Waals surface area contributed by atoms with Crippen molar-refractivity contribution in [1.82, 2.24) is 19.5 Å². The minimum absolute atomic E-state index is 0.0116. The molecule has 2 aromatic carbocycles. The number of anilines is 5. The van der Waals surface area contributed by atoms with Crippen LogP contribution in [0.4, 0.5) is 28.7 Å². The molecule has 13 heteroatoms. The minimum Gasteiger partial charge on any atom is -0.469 e. The number of Topliss-reactive ketones (excluding diaryl/α,β-unsaturated/α-hetero) is 1. The van der Waals surface area contributed by atoms with E-state index in [0.717, 1.165) is 28.6 Å². The van der Waals surface area contributed by atoms with Gasteiger partial charge in [0.15, 0.2) is 17.4 Å². The third kappa shape index (κ3) is 6.95. The second kappa shape index (κ2) is 14.5. The molecule has 1 amide bonds. The highest BCUT2D eigenvalue weighted by Gasteiger charge is 2.28. The first-order valence-corrected chi connectivity index (χ1v) is 14.5. The van der Waals surface area contributed by atoms with Crippen LogP contribution in [-0.2, 0) is 30.3 Å². The zero-order chi connectivity index (χ0) is 33.3. The van der Waals surface area contributed by atoms with Crippen molar-refractivity contribution >= 4 is 52.5 Å². The maximum Gasteiger partial charge on any atom is 0.373 e. The monoisotopic (exact) mass is 631 g/mol. The van der Waals surface area contributed by atoms with E-state index in [4.69, 9.17) is 14.3 Å². The van der Waals surface area contributed by atoms with E-state index in [1.807, 2.05) is 65.4 Å². The first-order valence-electron chi connectivity index (χ1n) is 14.5. The number of rotatable bonds is 5. The number of pyridine rings is 2. The average molecular weight is 632 g/mol. The van der Waals surface area contributed by atoms with Crippen LogP contribution in [0.15, 0.2) is 91.4 Å². The summed E-state index contributed by atoms with van der Waals surface area (Å²) in [5.41, 5.74) is 5.32. The van der Waals surface area contributed by atoms with Gasteiger partial charge in [-0.05, 0) is 48.5 Å². The van der Waals surface area contributed by atoms with Gasteiger partial charge in [0.2, 0.25) is 0 Å². The number of benzene rings is 2. The number of fused-ring (bicyclic) bond motifs is 7. The molecule has 47 heavy (non-hydrogen) atoms. The number of carbonyl (C=O) groups is 3. The lowest BCUT2D eigenvalue weighted by Crippen LogP contribution is -2.35. The van der Waals surface area contributed by atoms with Crippen LogP contribution >= 0.6 is 0 Å². The van der Waals surface area contributed by atoms with Crippen LogP contribution in [0, 0.1) is 0 Å². The Kier molecular flexibility index (Phi) is 9.89. The number of aromatic nitrogens is 4. The third-order valence-electron chi connectivity index (χ3n) is 7.24. The summed E-state index contributed by atoms with van der Waals surface area (Å²) in [6.45, 7) is 1.85. The number of ketones is 1. The summed E-state index contributed by atoms with van der Waals surface area (Å²) in [4.78, 5) is 67.2. The molecule has 0 fully saturated rings. The maximum absolute atomic E-state index is 12.8. The van der Waals surface area contributed by atoms with Gasteiger partial charge in [-0.1, -0.05) is 31.2 Å². The molecule has 236 valence electrons.